The van der Waals surface area contributed by atoms with Gasteiger partial charge >= 0.3 is 6.16 Å². The van der Waals surface area contributed by atoms with Gasteiger partial charge in [0, 0.05) is 31.1 Å². The minimum Gasteiger partial charge on any atom is -0.432 e. The molecule has 47 heavy (non-hydrogen) atoms. The highest BCUT2D eigenvalue weighted by Gasteiger charge is 2.72. The third-order valence-electron chi connectivity index (χ3n) is 13.9. The van der Waals surface area contributed by atoms with Crippen LogP contribution in [-0.2, 0) is 48.0 Å². The average molecular weight is 669 g/mol. The molecule has 8 aliphatic heterocycles. The van der Waals surface area contributed by atoms with Crippen molar-refractivity contribution in [2.24, 2.45) is 47.3 Å². The number of carbonyl (C=O) groups is 1. The van der Waals surface area contributed by atoms with E-state index in [9.17, 15) is 9.18 Å². The maximum Gasteiger partial charge on any atom is 0.508 e. The number of hydrogen-bond acceptors (Lipinski definition) is 11. The van der Waals surface area contributed by atoms with Crippen LogP contribution in [-0.4, -0.2) is 73.1 Å². The topological polar surface area (TPSA) is 109 Å². The number of fused-ring (bicyclic) bond motifs is 4. The van der Waals surface area contributed by atoms with Crippen molar-refractivity contribution in [1.82, 2.24) is 0 Å². The zero-order valence-corrected chi connectivity index (χ0v) is 28.7. The lowest BCUT2D eigenvalue weighted by Crippen LogP contribution is -2.72. The fraction of sp³-hybridized carbons (Fsp3) is 0.971. The lowest BCUT2D eigenvalue weighted by atomic mass is 9.56. The SMILES string of the molecule is C[C@H]1[C@@H]([C@H](C[C@H]2O[C@@H]3OC4(C)CC[C@H]5[C@H](C)CC[C@@H]([C@H]2C)[C@@]35OO4)OC(=O)OCCF)O[C@@H]2OC3(C)CC[C@H]4[C@H](C)CC[C@@H]1[C@@]24OO3. The van der Waals surface area contributed by atoms with Crippen molar-refractivity contribution < 1.29 is 57.2 Å². The van der Waals surface area contributed by atoms with E-state index in [2.05, 4.69) is 27.7 Å². The summed E-state index contributed by atoms with van der Waals surface area (Å²) in [5.74, 6) is -0.391. The highest BCUT2D eigenvalue weighted by atomic mass is 19.1. The van der Waals surface area contributed by atoms with Crippen LogP contribution in [0.4, 0.5) is 9.18 Å². The fourth-order valence-electron chi connectivity index (χ4n) is 11.4. The van der Waals surface area contributed by atoms with Crippen molar-refractivity contribution in [1.29, 1.82) is 0 Å². The van der Waals surface area contributed by atoms with Crippen LogP contribution in [0.1, 0.15) is 99.3 Å². The van der Waals surface area contributed by atoms with Crippen molar-refractivity contribution >= 4 is 6.16 Å². The van der Waals surface area contributed by atoms with Crippen molar-refractivity contribution in [2.75, 3.05) is 13.3 Å². The summed E-state index contributed by atoms with van der Waals surface area (Å²) in [6.45, 7) is 11.6. The number of hydrogen-bond donors (Lipinski definition) is 0. The first-order valence-electron chi connectivity index (χ1n) is 18.2. The second-order valence-corrected chi connectivity index (χ2v) is 16.5. The van der Waals surface area contributed by atoms with E-state index in [0.717, 1.165) is 44.9 Å². The summed E-state index contributed by atoms with van der Waals surface area (Å²) in [6.07, 6.45) is 3.73. The van der Waals surface area contributed by atoms with Crippen LogP contribution >= 0.6 is 0 Å². The van der Waals surface area contributed by atoms with E-state index in [4.69, 9.17) is 48.0 Å². The first-order chi connectivity index (χ1) is 22.4. The van der Waals surface area contributed by atoms with Crippen LogP contribution in [0.3, 0.4) is 0 Å². The summed E-state index contributed by atoms with van der Waals surface area (Å²) in [7, 11) is 0. The first-order valence-corrected chi connectivity index (χ1v) is 18.2. The summed E-state index contributed by atoms with van der Waals surface area (Å²) < 4.78 is 51.3. The van der Waals surface area contributed by atoms with Crippen LogP contribution in [0.15, 0.2) is 0 Å². The molecule has 17 atom stereocenters. The van der Waals surface area contributed by atoms with Gasteiger partial charge < -0.3 is 28.4 Å². The standard InChI is InChI=1S/C35H53FO11/c1-18-7-9-24-20(3)26(39-29-34(24)22(18)11-13-32(5,42-29)44-46-34)17-27(40-31(37)38-16-15-36)28-21(4)25-10-8-19(2)23-12-14-33(6)43-30(41-28)35(23,25)47-45-33/h18-30H,7-17H2,1-6H3/t18-,19-,20-,21-,22+,23+,24+,25+,26-,27+,28+,29-,30-,32?,33?,34-,35-/m1/s1. The van der Waals surface area contributed by atoms with Gasteiger partial charge in [-0.25, -0.2) is 28.7 Å². The second kappa shape index (κ2) is 11.7. The van der Waals surface area contributed by atoms with Gasteiger partial charge in [-0.2, -0.15) is 0 Å². The van der Waals surface area contributed by atoms with E-state index in [-0.39, 0.29) is 48.2 Å². The molecule has 10 rings (SSSR count). The largest absolute Gasteiger partial charge is 0.508 e. The summed E-state index contributed by atoms with van der Waals surface area (Å²) in [4.78, 5) is 37.8. The Bertz CT molecular complexity index is 1210. The van der Waals surface area contributed by atoms with Crippen molar-refractivity contribution in [3.8, 4) is 0 Å². The monoisotopic (exact) mass is 668 g/mol. The van der Waals surface area contributed by atoms with Crippen LogP contribution in [0.5, 0.6) is 0 Å². The Labute approximate surface area is 276 Å². The Morgan fingerprint density at radius 1 is 0.745 bits per heavy atom. The molecule has 0 radical (unpaired) electrons. The number of rotatable bonds is 6. The molecule has 0 aromatic heterocycles. The van der Waals surface area contributed by atoms with Crippen LogP contribution < -0.4 is 0 Å². The van der Waals surface area contributed by atoms with Gasteiger partial charge in [-0.1, -0.05) is 27.7 Å². The third kappa shape index (κ3) is 4.97. The molecule has 2 saturated carbocycles. The quantitative estimate of drug-likeness (QED) is 0.233. The van der Waals surface area contributed by atoms with Crippen LogP contribution in [0.2, 0.25) is 0 Å². The molecule has 0 amide bonds. The van der Waals surface area contributed by atoms with Gasteiger partial charge in [-0.3, -0.25) is 0 Å². The van der Waals surface area contributed by atoms with Gasteiger partial charge in [0.05, 0.1) is 6.10 Å². The van der Waals surface area contributed by atoms with E-state index in [1.54, 1.807) is 0 Å². The van der Waals surface area contributed by atoms with E-state index in [0.29, 0.717) is 24.7 Å². The van der Waals surface area contributed by atoms with Gasteiger partial charge in [-0.05, 0) is 87.9 Å². The lowest BCUT2D eigenvalue weighted by molar-refractivity contribution is -0.573. The van der Waals surface area contributed by atoms with Gasteiger partial charge in [0.15, 0.2) is 23.8 Å². The van der Waals surface area contributed by atoms with Crippen LogP contribution in [0, 0.1) is 47.3 Å². The summed E-state index contributed by atoms with van der Waals surface area (Å²) in [6, 6.07) is 0. The summed E-state index contributed by atoms with van der Waals surface area (Å²) in [5.41, 5.74) is -1.45. The normalized spacial score (nSPS) is 55.2. The number of alkyl halides is 1. The molecule has 0 aromatic carbocycles. The fourth-order valence-corrected chi connectivity index (χ4v) is 11.4. The molecule has 11 nitrogen and oxygen atoms in total. The summed E-state index contributed by atoms with van der Waals surface area (Å²) >= 11 is 0. The predicted molar refractivity (Wildman–Crippen MR) is 160 cm³/mol. The first kappa shape index (κ1) is 33.0. The Morgan fingerprint density at radius 2 is 1.30 bits per heavy atom. The molecule has 10 fully saturated rings. The highest BCUT2D eigenvalue weighted by molar-refractivity contribution is 5.60. The van der Waals surface area contributed by atoms with Crippen molar-refractivity contribution in [2.45, 2.75) is 153 Å². The minimum atomic E-state index is -0.933. The molecule has 0 N–H and O–H groups in total. The molecule has 8 heterocycles. The number of ether oxygens (including phenoxy) is 6. The molecule has 2 unspecified atom stereocenters. The summed E-state index contributed by atoms with van der Waals surface area (Å²) in [5, 5.41) is 0. The van der Waals surface area contributed by atoms with Gasteiger partial charge in [-0.15, -0.1) is 0 Å². The second-order valence-electron chi connectivity index (χ2n) is 16.5. The molecular formula is C35H53FO11. The smallest absolute Gasteiger partial charge is 0.432 e. The van der Waals surface area contributed by atoms with Gasteiger partial charge in [0.25, 0.3) is 0 Å². The third-order valence-corrected chi connectivity index (χ3v) is 13.9. The van der Waals surface area contributed by atoms with E-state index >= 15 is 0 Å². The number of halogens is 1. The van der Waals surface area contributed by atoms with Crippen molar-refractivity contribution in [3.63, 3.8) is 0 Å². The molecular weight excluding hydrogens is 615 g/mol. The Hall–Kier alpha value is -1.12. The maximum absolute atomic E-state index is 13.0. The molecule has 2 spiro atoms. The van der Waals surface area contributed by atoms with Gasteiger partial charge in [0.2, 0.25) is 11.6 Å². The molecule has 2 aliphatic carbocycles. The number of carbonyl (C=O) groups excluding carboxylic acids is 1. The van der Waals surface area contributed by atoms with Crippen LogP contribution in [0.25, 0.3) is 0 Å². The highest BCUT2D eigenvalue weighted by Crippen LogP contribution is 2.63. The molecule has 0 aromatic rings. The van der Waals surface area contributed by atoms with E-state index in [1.165, 1.54) is 0 Å². The molecule has 10 aliphatic rings. The van der Waals surface area contributed by atoms with E-state index in [1.807, 2.05) is 13.8 Å². The zero-order valence-electron chi connectivity index (χ0n) is 28.7. The Balaban J connectivity index is 1.11. The maximum atomic E-state index is 13.0. The predicted octanol–water partition coefficient (Wildman–Crippen LogP) is 6.37. The minimum absolute atomic E-state index is 0.0369. The Morgan fingerprint density at radius 3 is 1.87 bits per heavy atom. The van der Waals surface area contributed by atoms with Gasteiger partial charge in [0.1, 0.15) is 25.5 Å². The molecule has 12 heteroatoms. The van der Waals surface area contributed by atoms with E-state index < -0.39 is 60.4 Å². The van der Waals surface area contributed by atoms with Crippen molar-refractivity contribution in [3.05, 3.63) is 0 Å². The molecule has 8 saturated heterocycles. The average Bonchev–Trinajstić information content (AvgIpc) is 3.41. The lowest BCUT2D eigenvalue weighted by Gasteiger charge is -2.62. The molecule has 4 bridgehead atoms. The Kier molecular flexibility index (Phi) is 8.24. The zero-order chi connectivity index (χ0) is 32.9. The molecule has 266 valence electrons.